The number of hydrogen-bond donors (Lipinski definition) is 0. The fourth-order valence-electron chi connectivity index (χ4n) is 7.90. The second-order valence-electron chi connectivity index (χ2n) is 15.4. The summed E-state index contributed by atoms with van der Waals surface area (Å²) in [6, 6.07) is 13.2. The minimum Gasteiger partial charge on any atom is -0.491 e. The van der Waals surface area contributed by atoms with Crippen molar-refractivity contribution < 1.29 is 28.4 Å². The lowest BCUT2D eigenvalue weighted by Gasteiger charge is -2.39. The summed E-state index contributed by atoms with van der Waals surface area (Å²) in [5, 5.41) is 22.0. The van der Waals surface area contributed by atoms with Gasteiger partial charge in [0.1, 0.15) is 41.2 Å². The van der Waals surface area contributed by atoms with Gasteiger partial charge in [-0.3, -0.25) is 0 Å². The monoisotopic (exact) mass is 768 g/mol. The van der Waals surface area contributed by atoms with E-state index in [0.717, 1.165) is 94.3 Å². The largest absolute Gasteiger partial charge is 0.491 e. The Bertz CT molecular complexity index is 1930. The molecule has 0 bridgehead atoms. The molecule has 2 aromatic heterocycles. The van der Waals surface area contributed by atoms with E-state index < -0.39 is 5.60 Å². The number of ether oxygens (including phenoxy) is 6. The minimum absolute atomic E-state index is 0.355. The number of hydrogen-bond acceptors (Lipinski definition) is 13. The number of anilines is 2. The molecule has 6 heterocycles. The van der Waals surface area contributed by atoms with Crippen LogP contribution in [-0.2, 0) is 62.6 Å². The second-order valence-corrected chi connectivity index (χ2v) is 16.5. The van der Waals surface area contributed by atoms with Crippen LogP contribution in [0.4, 0.5) is 11.6 Å². The number of rotatable bonds is 13. The molecule has 3 aromatic rings. The molecule has 0 spiro atoms. The number of aromatic nitrogens is 2. The third-order valence-corrected chi connectivity index (χ3v) is 11.9. The molecule has 2 fully saturated rings. The number of morpholine rings is 2. The fraction of sp³-hybridized carbons (Fsp3) is 0.571. The number of benzene rings is 1. The first kappa shape index (κ1) is 39.3. The molecule has 1 atom stereocenters. The number of fused-ring (bicyclic) bond motifs is 2. The van der Waals surface area contributed by atoms with Crippen LogP contribution in [0.25, 0.3) is 0 Å². The summed E-state index contributed by atoms with van der Waals surface area (Å²) >= 11 is 1.63. The van der Waals surface area contributed by atoms with Crippen LogP contribution >= 0.6 is 11.8 Å². The van der Waals surface area contributed by atoms with Crippen LogP contribution in [0.5, 0.6) is 5.75 Å². The summed E-state index contributed by atoms with van der Waals surface area (Å²) in [5.41, 5.74) is 6.35. The lowest BCUT2D eigenvalue weighted by atomic mass is 9.83. The average Bonchev–Trinajstić information content (AvgIpc) is 3.20. The standard InChI is InChI=1S/C42H52N6O6S/c1-41(2)23-31-33(25-43)37(45-38(35(31)27-53-41)47-11-15-50-16-12-47)8-10-42(3)24-32-34(26-44)40(46-39(36(32)28-54-42)48-13-17-51-18-14-48)55-21-9-29-6-5-7-30(22-29)52-20-19-49-4/h5-7,22H,8-21,23-24,27-28H2,1-4H3. The summed E-state index contributed by atoms with van der Waals surface area (Å²) in [4.78, 5) is 14.9. The van der Waals surface area contributed by atoms with Crippen LogP contribution in [-0.4, -0.2) is 99.9 Å². The van der Waals surface area contributed by atoms with Gasteiger partial charge in [0.15, 0.2) is 0 Å². The first-order valence-electron chi connectivity index (χ1n) is 19.4. The first-order valence-corrected chi connectivity index (χ1v) is 20.4. The van der Waals surface area contributed by atoms with Gasteiger partial charge in [0.05, 0.1) is 74.3 Å². The Kier molecular flexibility index (Phi) is 12.5. The van der Waals surface area contributed by atoms with E-state index in [4.69, 9.17) is 38.4 Å². The quantitative estimate of drug-likeness (QED) is 0.159. The van der Waals surface area contributed by atoms with Gasteiger partial charge in [-0.1, -0.05) is 12.1 Å². The first-order chi connectivity index (χ1) is 26.7. The highest BCUT2D eigenvalue weighted by Gasteiger charge is 2.38. The Hall–Kier alpha value is -3.95. The summed E-state index contributed by atoms with van der Waals surface area (Å²) in [5.74, 6) is 3.37. The van der Waals surface area contributed by atoms with E-state index in [1.54, 1.807) is 18.9 Å². The van der Waals surface area contributed by atoms with Gasteiger partial charge in [0.2, 0.25) is 0 Å². The lowest BCUT2D eigenvalue weighted by molar-refractivity contribution is -0.0596. The average molecular weight is 769 g/mol. The third-order valence-electron chi connectivity index (χ3n) is 11.0. The second kappa shape index (κ2) is 17.5. The van der Waals surface area contributed by atoms with Gasteiger partial charge in [-0.2, -0.15) is 10.5 Å². The zero-order valence-electron chi connectivity index (χ0n) is 32.6. The summed E-state index contributed by atoms with van der Waals surface area (Å²) < 4.78 is 35.3. The molecule has 2 saturated heterocycles. The summed E-state index contributed by atoms with van der Waals surface area (Å²) in [6.07, 6.45) is 3.22. The van der Waals surface area contributed by atoms with Crippen molar-refractivity contribution in [1.82, 2.24) is 9.97 Å². The van der Waals surface area contributed by atoms with Crippen molar-refractivity contribution in [3.63, 3.8) is 0 Å². The van der Waals surface area contributed by atoms with Crippen molar-refractivity contribution in [2.45, 2.75) is 82.3 Å². The fourth-order valence-corrected chi connectivity index (χ4v) is 8.90. The normalized spacial score (nSPS) is 20.6. The van der Waals surface area contributed by atoms with Gasteiger partial charge >= 0.3 is 0 Å². The van der Waals surface area contributed by atoms with Gasteiger partial charge in [-0.15, -0.1) is 11.8 Å². The number of nitrogens with zero attached hydrogens (tertiary/aromatic N) is 6. The number of aryl methyl sites for hydroxylation is 2. The van der Waals surface area contributed by atoms with Crippen LogP contribution in [0.3, 0.4) is 0 Å². The molecule has 12 nitrogen and oxygen atoms in total. The van der Waals surface area contributed by atoms with Gasteiger partial charge in [-0.25, -0.2) is 9.97 Å². The smallest absolute Gasteiger partial charge is 0.135 e. The molecule has 0 aliphatic carbocycles. The maximum Gasteiger partial charge on any atom is 0.135 e. The Morgan fingerprint density at radius 2 is 1.45 bits per heavy atom. The Morgan fingerprint density at radius 1 is 0.800 bits per heavy atom. The van der Waals surface area contributed by atoms with E-state index in [1.807, 2.05) is 12.1 Å². The van der Waals surface area contributed by atoms with Crippen molar-refractivity contribution >= 4 is 23.4 Å². The Balaban J connectivity index is 1.15. The maximum atomic E-state index is 10.7. The van der Waals surface area contributed by atoms with E-state index >= 15 is 0 Å². The van der Waals surface area contributed by atoms with E-state index in [0.29, 0.717) is 89.7 Å². The topological polar surface area (TPSA) is 135 Å². The van der Waals surface area contributed by atoms with E-state index in [-0.39, 0.29) is 5.60 Å². The predicted molar refractivity (Wildman–Crippen MR) is 210 cm³/mol. The number of methoxy groups -OCH3 is 1. The molecule has 7 rings (SSSR count). The van der Waals surface area contributed by atoms with Crippen molar-refractivity contribution in [2.75, 3.05) is 88.5 Å². The summed E-state index contributed by atoms with van der Waals surface area (Å²) in [7, 11) is 1.66. The number of nitriles is 2. The van der Waals surface area contributed by atoms with Crippen molar-refractivity contribution in [3.8, 4) is 17.9 Å². The Labute approximate surface area is 329 Å². The molecular formula is C42H52N6O6S. The molecule has 13 heteroatoms. The molecule has 0 amide bonds. The third kappa shape index (κ3) is 9.04. The van der Waals surface area contributed by atoms with E-state index in [2.05, 4.69) is 54.8 Å². The molecule has 0 N–H and O–H groups in total. The molecular weight excluding hydrogens is 717 g/mol. The van der Waals surface area contributed by atoms with E-state index in [9.17, 15) is 10.5 Å². The van der Waals surface area contributed by atoms with Gasteiger partial charge in [0, 0.05) is 63.0 Å². The maximum absolute atomic E-state index is 10.7. The van der Waals surface area contributed by atoms with Crippen LogP contribution in [0.2, 0.25) is 0 Å². The predicted octanol–water partition coefficient (Wildman–Crippen LogP) is 5.57. The minimum atomic E-state index is -0.584. The van der Waals surface area contributed by atoms with Crippen molar-refractivity contribution in [1.29, 1.82) is 10.5 Å². The zero-order chi connectivity index (χ0) is 38.4. The molecule has 4 aliphatic heterocycles. The Morgan fingerprint density at radius 3 is 2.13 bits per heavy atom. The van der Waals surface area contributed by atoms with Crippen LogP contribution in [0.1, 0.15) is 71.8 Å². The SMILES string of the molecule is COCCOc1cccc(CCSc2nc(N3CCOCC3)c3c(c2C#N)CC(C)(CCc2nc(N4CCOCC4)c4c(c2C#N)CC(C)(C)OC4)OC3)c1. The van der Waals surface area contributed by atoms with E-state index in [1.165, 1.54) is 0 Å². The van der Waals surface area contributed by atoms with Crippen LogP contribution < -0.4 is 14.5 Å². The molecule has 1 aromatic carbocycles. The van der Waals surface area contributed by atoms with Crippen LogP contribution in [0, 0.1) is 22.7 Å². The van der Waals surface area contributed by atoms with Crippen LogP contribution in [0.15, 0.2) is 29.3 Å². The van der Waals surface area contributed by atoms with Gasteiger partial charge in [0.25, 0.3) is 0 Å². The molecule has 0 radical (unpaired) electrons. The molecule has 1 unspecified atom stereocenters. The number of pyridine rings is 2. The molecule has 292 valence electrons. The van der Waals surface area contributed by atoms with Crippen molar-refractivity contribution in [2.24, 2.45) is 0 Å². The highest BCUT2D eigenvalue weighted by Crippen LogP contribution is 2.42. The van der Waals surface area contributed by atoms with Crippen molar-refractivity contribution in [3.05, 3.63) is 68.9 Å². The number of thioether (sulfide) groups is 1. The summed E-state index contributed by atoms with van der Waals surface area (Å²) in [6.45, 7) is 13.6. The molecule has 55 heavy (non-hydrogen) atoms. The molecule has 4 aliphatic rings. The lowest BCUT2D eigenvalue weighted by Crippen LogP contribution is -2.41. The van der Waals surface area contributed by atoms with Gasteiger partial charge < -0.3 is 38.2 Å². The zero-order valence-corrected chi connectivity index (χ0v) is 33.4. The highest BCUT2D eigenvalue weighted by atomic mass is 32.2. The molecule has 0 saturated carbocycles. The van der Waals surface area contributed by atoms with Gasteiger partial charge in [-0.05, 0) is 68.9 Å². The highest BCUT2D eigenvalue weighted by molar-refractivity contribution is 7.99.